The minimum absolute atomic E-state index is 0.0498. The topological polar surface area (TPSA) is 114 Å². The van der Waals surface area contributed by atoms with Gasteiger partial charge in [-0.2, -0.15) is 5.26 Å². The van der Waals surface area contributed by atoms with Crippen molar-refractivity contribution in [2.24, 2.45) is 0 Å². The molecule has 0 bridgehead atoms. The summed E-state index contributed by atoms with van der Waals surface area (Å²) in [7, 11) is 1.43. The van der Waals surface area contributed by atoms with Crippen LogP contribution in [0.2, 0.25) is 0 Å². The maximum atomic E-state index is 13.7. The third-order valence-electron chi connectivity index (χ3n) is 4.51. The summed E-state index contributed by atoms with van der Waals surface area (Å²) >= 11 is 0. The van der Waals surface area contributed by atoms with Crippen molar-refractivity contribution in [1.82, 2.24) is 0 Å². The van der Waals surface area contributed by atoms with Crippen molar-refractivity contribution >= 4 is 28.9 Å². The average molecular weight is 447 g/mol. The van der Waals surface area contributed by atoms with Crippen molar-refractivity contribution in [1.29, 1.82) is 5.26 Å². The largest absolute Gasteiger partial charge is 0.493 e. The van der Waals surface area contributed by atoms with E-state index in [0.717, 1.165) is 0 Å². The molecule has 166 valence electrons. The molecule has 0 unspecified atom stereocenters. The first-order valence-electron chi connectivity index (χ1n) is 9.63. The van der Waals surface area contributed by atoms with Gasteiger partial charge in [-0.25, -0.2) is 4.39 Å². The number of anilines is 1. The molecule has 33 heavy (non-hydrogen) atoms. The Bertz CT molecular complexity index is 1250. The normalized spacial score (nSPS) is 10.8. The summed E-state index contributed by atoms with van der Waals surface area (Å²) in [5.74, 6) is -0.493. The van der Waals surface area contributed by atoms with Crippen LogP contribution in [0.1, 0.15) is 11.1 Å². The molecule has 0 atom stereocenters. The summed E-state index contributed by atoms with van der Waals surface area (Å²) in [6, 6.07) is 18.4. The van der Waals surface area contributed by atoms with Gasteiger partial charge in [0, 0.05) is 12.1 Å². The lowest BCUT2D eigenvalue weighted by atomic mass is 10.0. The number of ether oxygens (including phenoxy) is 2. The summed E-state index contributed by atoms with van der Waals surface area (Å²) in [6.07, 6.45) is 1.60. The van der Waals surface area contributed by atoms with E-state index < -0.39 is 16.6 Å². The summed E-state index contributed by atoms with van der Waals surface area (Å²) < 4.78 is 24.5. The second-order valence-electron chi connectivity index (χ2n) is 6.70. The van der Waals surface area contributed by atoms with Gasteiger partial charge >= 0.3 is 0 Å². The Morgan fingerprint density at radius 3 is 2.52 bits per heavy atom. The number of rotatable bonds is 8. The number of halogens is 1. The molecule has 0 aliphatic heterocycles. The summed E-state index contributed by atoms with van der Waals surface area (Å²) in [4.78, 5) is 22.4. The lowest BCUT2D eigenvalue weighted by molar-refractivity contribution is -0.384. The van der Waals surface area contributed by atoms with E-state index in [1.165, 1.54) is 49.6 Å². The van der Waals surface area contributed by atoms with Crippen molar-refractivity contribution in [2.45, 2.75) is 0 Å². The van der Waals surface area contributed by atoms with Gasteiger partial charge in [0.1, 0.15) is 5.82 Å². The number of para-hydroxylation sites is 1. The fraction of sp³-hybridized carbons (Fsp3) is 0.0833. The molecule has 8 nitrogen and oxygen atoms in total. The number of amides is 1. The van der Waals surface area contributed by atoms with Crippen LogP contribution in [0.5, 0.6) is 11.5 Å². The molecule has 0 spiro atoms. The Morgan fingerprint density at radius 1 is 1.15 bits per heavy atom. The van der Waals surface area contributed by atoms with Crippen LogP contribution < -0.4 is 14.8 Å². The number of nitrogens with one attached hydrogen (secondary N) is 1. The first-order chi connectivity index (χ1) is 15.9. The van der Waals surface area contributed by atoms with Crippen molar-refractivity contribution in [3.8, 4) is 17.6 Å². The van der Waals surface area contributed by atoms with Crippen LogP contribution in [0.4, 0.5) is 15.8 Å². The number of allylic oxidation sites excluding steroid dienone is 1. The van der Waals surface area contributed by atoms with Gasteiger partial charge in [-0.1, -0.05) is 18.2 Å². The molecule has 3 aromatic carbocycles. The molecule has 1 N–H and O–H groups in total. The predicted molar refractivity (Wildman–Crippen MR) is 120 cm³/mol. The molecule has 3 aromatic rings. The highest BCUT2D eigenvalue weighted by molar-refractivity contribution is 5.92. The Labute approximate surface area is 188 Å². The summed E-state index contributed by atoms with van der Waals surface area (Å²) in [5.41, 5.74) is 1.41. The van der Waals surface area contributed by atoms with Crippen molar-refractivity contribution in [3.05, 3.63) is 93.8 Å². The van der Waals surface area contributed by atoms with Crippen molar-refractivity contribution < 1.29 is 23.6 Å². The second kappa shape index (κ2) is 10.5. The van der Waals surface area contributed by atoms with Gasteiger partial charge in [0.15, 0.2) is 18.1 Å². The number of nitro benzene ring substituents is 1. The standard InChI is InChI=1S/C24H18FN3O5/c1-32-23-13-16(12-18(14-26)17-7-9-19(10-8-17)28(30)31)6-11-22(23)33-15-24(29)27-21-5-3-2-4-20(21)25/h2-13H,15H2,1H3,(H,27,29). The highest BCUT2D eigenvalue weighted by Crippen LogP contribution is 2.30. The Morgan fingerprint density at radius 2 is 1.88 bits per heavy atom. The minimum atomic E-state index is -0.555. The Balaban J connectivity index is 1.73. The third kappa shape index (κ3) is 5.92. The second-order valence-corrected chi connectivity index (χ2v) is 6.70. The molecule has 9 heteroatoms. The van der Waals surface area contributed by atoms with E-state index in [1.807, 2.05) is 0 Å². The fourth-order valence-electron chi connectivity index (χ4n) is 2.89. The van der Waals surface area contributed by atoms with Gasteiger partial charge in [-0.15, -0.1) is 0 Å². The molecule has 0 radical (unpaired) electrons. The zero-order chi connectivity index (χ0) is 23.8. The van der Waals surface area contributed by atoms with Crippen LogP contribution in [0.3, 0.4) is 0 Å². The van der Waals surface area contributed by atoms with Crippen LogP contribution in [0, 0.1) is 27.3 Å². The van der Waals surface area contributed by atoms with Gasteiger partial charge in [-0.05, 0) is 53.6 Å². The first-order valence-corrected chi connectivity index (χ1v) is 9.63. The van der Waals surface area contributed by atoms with Crippen LogP contribution in [0.15, 0.2) is 66.7 Å². The lowest BCUT2D eigenvalue weighted by Crippen LogP contribution is -2.20. The maximum absolute atomic E-state index is 13.7. The zero-order valence-electron chi connectivity index (χ0n) is 17.4. The number of nitriles is 1. The van der Waals surface area contributed by atoms with Gasteiger partial charge < -0.3 is 14.8 Å². The number of nitrogens with zero attached hydrogens (tertiary/aromatic N) is 2. The molecule has 0 aliphatic rings. The first kappa shape index (κ1) is 23.0. The molecule has 0 fully saturated rings. The minimum Gasteiger partial charge on any atom is -0.493 e. The molecule has 1 amide bonds. The molecule has 3 rings (SSSR count). The number of carbonyl (C=O) groups is 1. The molecule has 0 saturated heterocycles. The Kier molecular flexibility index (Phi) is 7.34. The van der Waals surface area contributed by atoms with Gasteiger partial charge in [0.2, 0.25) is 0 Å². The third-order valence-corrected chi connectivity index (χ3v) is 4.51. The summed E-state index contributed by atoms with van der Waals surface area (Å²) in [5, 5.41) is 22.7. The lowest BCUT2D eigenvalue weighted by Gasteiger charge is -2.12. The van der Waals surface area contributed by atoms with Crippen LogP contribution in [-0.4, -0.2) is 24.5 Å². The fourth-order valence-corrected chi connectivity index (χ4v) is 2.89. The van der Waals surface area contributed by atoms with Crippen LogP contribution in [-0.2, 0) is 4.79 Å². The molecule has 0 heterocycles. The van der Waals surface area contributed by atoms with E-state index in [9.17, 15) is 24.6 Å². The van der Waals surface area contributed by atoms with Crippen LogP contribution in [0.25, 0.3) is 11.6 Å². The monoisotopic (exact) mass is 447 g/mol. The molecular formula is C24H18FN3O5. The van der Waals surface area contributed by atoms with E-state index in [0.29, 0.717) is 22.4 Å². The molecule has 0 saturated carbocycles. The maximum Gasteiger partial charge on any atom is 0.269 e. The smallest absolute Gasteiger partial charge is 0.269 e. The van der Waals surface area contributed by atoms with Gasteiger partial charge in [0.25, 0.3) is 11.6 Å². The number of carbonyl (C=O) groups excluding carboxylic acids is 1. The number of non-ortho nitro benzene ring substituents is 1. The van der Waals surface area contributed by atoms with E-state index in [-0.39, 0.29) is 23.7 Å². The number of hydrogen-bond acceptors (Lipinski definition) is 6. The Hall–Kier alpha value is -4.71. The van der Waals surface area contributed by atoms with E-state index >= 15 is 0 Å². The average Bonchev–Trinajstić information content (AvgIpc) is 2.83. The van der Waals surface area contributed by atoms with E-state index in [4.69, 9.17) is 9.47 Å². The number of methoxy groups -OCH3 is 1. The highest BCUT2D eigenvalue weighted by atomic mass is 19.1. The molecule has 0 aliphatic carbocycles. The van der Waals surface area contributed by atoms with Crippen LogP contribution >= 0.6 is 0 Å². The quantitative estimate of drug-likeness (QED) is 0.229. The number of benzene rings is 3. The van der Waals surface area contributed by atoms with E-state index in [2.05, 4.69) is 11.4 Å². The highest BCUT2D eigenvalue weighted by Gasteiger charge is 2.11. The molecular weight excluding hydrogens is 429 g/mol. The zero-order valence-corrected chi connectivity index (χ0v) is 17.4. The van der Waals surface area contributed by atoms with Gasteiger partial charge in [0.05, 0.1) is 29.4 Å². The SMILES string of the molecule is COc1cc(C=C(C#N)c2ccc([N+](=O)[O-])cc2)ccc1OCC(=O)Nc1ccccc1F. The van der Waals surface area contributed by atoms with Crippen molar-refractivity contribution in [2.75, 3.05) is 19.0 Å². The van der Waals surface area contributed by atoms with E-state index in [1.54, 1.807) is 30.3 Å². The predicted octanol–water partition coefficient (Wildman–Crippen LogP) is 4.82. The molecule has 0 aromatic heterocycles. The van der Waals surface area contributed by atoms with Gasteiger partial charge in [-0.3, -0.25) is 14.9 Å². The summed E-state index contributed by atoms with van der Waals surface area (Å²) in [6.45, 7) is -0.369. The number of nitro groups is 1. The van der Waals surface area contributed by atoms with Crippen molar-refractivity contribution in [3.63, 3.8) is 0 Å². The number of hydrogen-bond donors (Lipinski definition) is 1.